The highest BCUT2D eigenvalue weighted by atomic mass is 32.2. The van der Waals surface area contributed by atoms with E-state index in [1.807, 2.05) is 0 Å². The summed E-state index contributed by atoms with van der Waals surface area (Å²) in [6.45, 7) is 4.50. The molecule has 1 fully saturated rings. The van der Waals surface area contributed by atoms with Crippen LogP contribution in [-0.4, -0.2) is 62.5 Å². The Balaban J connectivity index is 1.84. The molecule has 0 bridgehead atoms. The van der Waals surface area contributed by atoms with Crippen molar-refractivity contribution in [2.75, 3.05) is 37.8 Å². The second-order valence-electron chi connectivity index (χ2n) is 5.15. The van der Waals surface area contributed by atoms with Crippen molar-refractivity contribution in [2.24, 2.45) is 0 Å². The monoisotopic (exact) mass is 332 g/mol. The maximum Gasteiger partial charge on any atom is 0.319 e. The predicted octanol–water partition coefficient (Wildman–Crippen LogP) is 0.0733. The number of amides is 2. The molecule has 1 saturated heterocycles. The smallest absolute Gasteiger partial charge is 0.319 e. The van der Waals surface area contributed by atoms with Gasteiger partial charge in [0.25, 0.3) is 0 Å². The Morgan fingerprint density at radius 1 is 1.45 bits per heavy atom. The fourth-order valence-electron chi connectivity index (χ4n) is 2.14. The lowest BCUT2D eigenvalue weighted by Crippen LogP contribution is -2.49. The predicted molar refractivity (Wildman–Crippen MR) is 79.2 cm³/mol. The van der Waals surface area contributed by atoms with Gasteiger partial charge in [-0.3, -0.25) is 0 Å². The maximum atomic E-state index is 11.9. The zero-order valence-corrected chi connectivity index (χ0v) is 13.6. The van der Waals surface area contributed by atoms with E-state index in [4.69, 9.17) is 9.26 Å². The lowest BCUT2D eigenvalue weighted by atomic mass is 10.3. The lowest BCUT2D eigenvalue weighted by Gasteiger charge is -2.31. The van der Waals surface area contributed by atoms with Gasteiger partial charge in [0.2, 0.25) is 10.0 Å². The molecule has 2 amide bonds. The molecule has 1 aliphatic heterocycles. The third-order valence-corrected chi connectivity index (χ3v) is 4.60. The number of urea groups is 1. The molecule has 0 aliphatic carbocycles. The number of hydrogen-bond donors (Lipinski definition) is 2. The zero-order chi connectivity index (χ0) is 16.3. The number of anilines is 1. The molecule has 2 heterocycles. The number of carbonyl (C=O) groups is 1. The van der Waals surface area contributed by atoms with Crippen molar-refractivity contribution in [2.45, 2.75) is 20.0 Å². The number of aryl methyl sites for hydroxylation is 2. The number of morpholine rings is 1. The van der Waals surface area contributed by atoms with E-state index in [9.17, 15) is 13.2 Å². The molecule has 1 aromatic heterocycles. The van der Waals surface area contributed by atoms with E-state index in [1.54, 1.807) is 13.8 Å². The van der Waals surface area contributed by atoms with Crippen LogP contribution in [0.2, 0.25) is 0 Å². The molecular formula is C12H20N4O5S. The van der Waals surface area contributed by atoms with E-state index in [0.29, 0.717) is 30.3 Å². The second-order valence-corrected chi connectivity index (χ2v) is 7.13. The van der Waals surface area contributed by atoms with Crippen LogP contribution in [-0.2, 0) is 14.8 Å². The van der Waals surface area contributed by atoms with Gasteiger partial charge in [0.1, 0.15) is 11.4 Å². The number of carbonyl (C=O) groups excluding carboxylic acids is 1. The summed E-state index contributed by atoms with van der Waals surface area (Å²) in [5.74, 6) is 0.518. The standard InChI is InChI=1S/C12H20N4O5S/c1-8-11(9(2)21-15-8)14-12(17)13-6-10-7-16(4-5-20-10)22(3,18)19/h10H,4-7H2,1-3H3,(H2,13,14,17)/t10-/m1/s1. The second kappa shape index (κ2) is 6.63. The van der Waals surface area contributed by atoms with Crippen LogP contribution < -0.4 is 10.6 Å². The normalized spacial score (nSPS) is 19.9. The van der Waals surface area contributed by atoms with Gasteiger partial charge in [0.05, 0.1) is 19.0 Å². The molecule has 0 aromatic carbocycles. The van der Waals surface area contributed by atoms with Crippen LogP contribution in [0.4, 0.5) is 10.5 Å². The molecule has 22 heavy (non-hydrogen) atoms. The summed E-state index contributed by atoms with van der Waals surface area (Å²) >= 11 is 0. The molecule has 1 aromatic rings. The first-order valence-corrected chi connectivity index (χ1v) is 8.66. The lowest BCUT2D eigenvalue weighted by molar-refractivity contribution is 0.00167. The fourth-order valence-corrected chi connectivity index (χ4v) is 2.99. The molecular weight excluding hydrogens is 312 g/mol. The summed E-state index contributed by atoms with van der Waals surface area (Å²) in [5, 5.41) is 9.04. The van der Waals surface area contributed by atoms with Crippen molar-refractivity contribution in [3.63, 3.8) is 0 Å². The minimum absolute atomic E-state index is 0.210. The summed E-state index contributed by atoms with van der Waals surface area (Å²) in [5.41, 5.74) is 1.12. The van der Waals surface area contributed by atoms with Crippen molar-refractivity contribution in [1.29, 1.82) is 0 Å². The van der Waals surface area contributed by atoms with Crippen LogP contribution in [0.25, 0.3) is 0 Å². The molecule has 124 valence electrons. The number of hydrogen-bond acceptors (Lipinski definition) is 6. The number of aromatic nitrogens is 1. The number of nitrogens with one attached hydrogen (secondary N) is 2. The highest BCUT2D eigenvalue weighted by molar-refractivity contribution is 7.88. The van der Waals surface area contributed by atoms with Gasteiger partial charge < -0.3 is 19.9 Å². The molecule has 10 heteroatoms. The van der Waals surface area contributed by atoms with Gasteiger partial charge in [-0.25, -0.2) is 13.2 Å². The molecule has 9 nitrogen and oxygen atoms in total. The van der Waals surface area contributed by atoms with E-state index in [0.717, 1.165) is 6.26 Å². The molecule has 0 saturated carbocycles. The Kier molecular flexibility index (Phi) is 5.04. The minimum atomic E-state index is -3.25. The molecule has 1 aliphatic rings. The van der Waals surface area contributed by atoms with Crippen LogP contribution in [0.5, 0.6) is 0 Å². The molecule has 0 radical (unpaired) electrons. The fraction of sp³-hybridized carbons (Fsp3) is 0.667. The van der Waals surface area contributed by atoms with Crippen molar-refractivity contribution in [1.82, 2.24) is 14.8 Å². The Bertz CT molecular complexity index is 622. The van der Waals surface area contributed by atoms with Crippen molar-refractivity contribution in [3.05, 3.63) is 11.5 Å². The molecule has 0 spiro atoms. The topological polar surface area (TPSA) is 114 Å². The van der Waals surface area contributed by atoms with Gasteiger partial charge >= 0.3 is 6.03 Å². The summed E-state index contributed by atoms with van der Waals surface area (Å²) < 4.78 is 34.8. The van der Waals surface area contributed by atoms with Crippen molar-refractivity contribution in [3.8, 4) is 0 Å². The van der Waals surface area contributed by atoms with E-state index in [1.165, 1.54) is 4.31 Å². The van der Waals surface area contributed by atoms with Gasteiger partial charge in [-0.15, -0.1) is 0 Å². The first kappa shape index (κ1) is 16.7. The Morgan fingerprint density at radius 2 is 2.18 bits per heavy atom. The average molecular weight is 332 g/mol. The maximum absolute atomic E-state index is 11.9. The van der Waals surface area contributed by atoms with E-state index >= 15 is 0 Å². The number of nitrogens with zero attached hydrogens (tertiary/aromatic N) is 2. The summed E-state index contributed by atoms with van der Waals surface area (Å²) in [6.07, 6.45) is 0.784. The minimum Gasteiger partial charge on any atom is -0.374 e. The highest BCUT2D eigenvalue weighted by Crippen LogP contribution is 2.18. The van der Waals surface area contributed by atoms with Gasteiger partial charge in [-0.2, -0.15) is 4.31 Å². The number of ether oxygens (including phenoxy) is 1. The van der Waals surface area contributed by atoms with Crippen LogP contribution >= 0.6 is 0 Å². The molecule has 0 unspecified atom stereocenters. The molecule has 2 N–H and O–H groups in total. The van der Waals surface area contributed by atoms with Crippen LogP contribution in [0.3, 0.4) is 0 Å². The molecule has 2 rings (SSSR count). The highest BCUT2D eigenvalue weighted by Gasteiger charge is 2.26. The van der Waals surface area contributed by atoms with Crippen LogP contribution in [0.15, 0.2) is 4.52 Å². The van der Waals surface area contributed by atoms with Gasteiger partial charge in [-0.1, -0.05) is 5.16 Å². The van der Waals surface area contributed by atoms with Gasteiger partial charge in [0.15, 0.2) is 5.76 Å². The Morgan fingerprint density at radius 3 is 2.77 bits per heavy atom. The van der Waals surface area contributed by atoms with E-state index in [-0.39, 0.29) is 19.2 Å². The van der Waals surface area contributed by atoms with E-state index in [2.05, 4.69) is 15.8 Å². The summed E-state index contributed by atoms with van der Waals surface area (Å²) in [6, 6.07) is -0.422. The third kappa shape index (κ3) is 4.18. The first-order chi connectivity index (χ1) is 10.3. The van der Waals surface area contributed by atoms with Gasteiger partial charge in [-0.05, 0) is 13.8 Å². The quantitative estimate of drug-likeness (QED) is 0.807. The molecule has 1 atom stereocenters. The van der Waals surface area contributed by atoms with Crippen LogP contribution in [0, 0.1) is 13.8 Å². The SMILES string of the molecule is Cc1noc(C)c1NC(=O)NC[C@@H]1CN(S(C)(=O)=O)CCO1. The number of rotatable bonds is 4. The van der Waals surface area contributed by atoms with Crippen molar-refractivity contribution >= 4 is 21.7 Å². The van der Waals surface area contributed by atoms with Gasteiger partial charge in [0, 0.05) is 19.6 Å². The van der Waals surface area contributed by atoms with Crippen LogP contribution in [0.1, 0.15) is 11.5 Å². The summed E-state index contributed by atoms with van der Waals surface area (Å²) in [7, 11) is -3.25. The zero-order valence-electron chi connectivity index (χ0n) is 12.7. The third-order valence-electron chi connectivity index (χ3n) is 3.33. The Hall–Kier alpha value is -1.65. The Labute approximate surface area is 129 Å². The largest absolute Gasteiger partial charge is 0.374 e. The average Bonchev–Trinajstić information content (AvgIpc) is 2.76. The number of sulfonamides is 1. The van der Waals surface area contributed by atoms with E-state index < -0.39 is 16.1 Å². The van der Waals surface area contributed by atoms with Crippen molar-refractivity contribution < 1.29 is 22.5 Å². The summed E-state index contributed by atoms with van der Waals surface area (Å²) in [4.78, 5) is 11.9. The first-order valence-electron chi connectivity index (χ1n) is 6.82.